The first-order valence-electron chi connectivity index (χ1n) is 7.11. The van der Waals surface area contributed by atoms with Crippen molar-refractivity contribution in [2.24, 2.45) is 0 Å². The number of anilines is 2. The van der Waals surface area contributed by atoms with Crippen LogP contribution in [-0.2, 0) is 12.7 Å². The van der Waals surface area contributed by atoms with Crippen LogP contribution in [0.5, 0.6) is 0 Å². The molecule has 3 aromatic rings. The summed E-state index contributed by atoms with van der Waals surface area (Å²) < 4.78 is 40.7. The van der Waals surface area contributed by atoms with Gasteiger partial charge in [-0.1, -0.05) is 6.07 Å². The SMILES string of the molecule is Cc1ccc(Nc2nc(Cl)nc3c(C(F)(F)F)nn(CCO)c23)nc1. The second-order valence-corrected chi connectivity index (χ2v) is 5.52. The van der Waals surface area contributed by atoms with Crippen molar-refractivity contribution in [1.29, 1.82) is 0 Å². The summed E-state index contributed by atoms with van der Waals surface area (Å²) >= 11 is 5.79. The van der Waals surface area contributed by atoms with E-state index in [1.165, 1.54) is 0 Å². The lowest BCUT2D eigenvalue weighted by Gasteiger charge is -2.09. The molecule has 3 aromatic heterocycles. The molecule has 7 nitrogen and oxygen atoms in total. The Labute approximate surface area is 144 Å². The lowest BCUT2D eigenvalue weighted by atomic mass is 10.3. The largest absolute Gasteiger partial charge is 0.437 e. The van der Waals surface area contributed by atoms with E-state index in [4.69, 9.17) is 16.7 Å². The highest BCUT2D eigenvalue weighted by Crippen LogP contribution is 2.36. The molecular weight excluding hydrogens is 361 g/mol. The van der Waals surface area contributed by atoms with Crippen molar-refractivity contribution in [2.45, 2.75) is 19.6 Å². The van der Waals surface area contributed by atoms with Gasteiger partial charge < -0.3 is 10.4 Å². The molecule has 0 unspecified atom stereocenters. The third-order valence-electron chi connectivity index (χ3n) is 3.30. The fourth-order valence-corrected chi connectivity index (χ4v) is 2.42. The lowest BCUT2D eigenvalue weighted by molar-refractivity contribution is -0.140. The number of alkyl halides is 3. The summed E-state index contributed by atoms with van der Waals surface area (Å²) in [5.74, 6) is 0.384. The standard InChI is InChI=1S/C14H12ClF3N6O/c1-7-2-3-8(19-6-7)20-12-10-9(21-13(15)22-12)11(14(16,17)18)23-24(10)4-5-25/h2-3,6,25H,4-5H2,1H3,(H,19,20,21,22). The van der Waals surface area contributed by atoms with E-state index in [-0.39, 0.29) is 23.2 Å². The minimum absolute atomic E-state index is 0.0165. The number of pyridine rings is 1. The Morgan fingerprint density at radius 2 is 2.04 bits per heavy atom. The number of hydrogen-bond acceptors (Lipinski definition) is 6. The summed E-state index contributed by atoms with van der Waals surface area (Å²) in [5.41, 5.74) is -0.745. The zero-order chi connectivity index (χ0) is 18.2. The predicted octanol–water partition coefficient (Wildman–Crippen LogP) is 2.94. The number of hydrogen-bond donors (Lipinski definition) is 2. The highest BCUT2D eigenvalue weighted by Gasteiger charge is 2.38. The number of halogens is 4. The van der Waals surface area contributed by atoms with E-state index < -0.39 is 24.0 Å². The zero-order valence-corrected chi connectivity index (χ0v) is 13.6. The molecule has 0 saturated heterocycles. The number of aromatic nitrogens is 5. The van der Waals surface area contributed by atoms with E-state index in [0.29, 0.717) is 5.82 Å². The van der Waals surface area contributed by atoms with Crippen LogP contribution < -0.4 is 5.32 Å². The van der Waals surface area contributed by atoms with E-state index in [2.05, 4.69) is 25.4 Å². The third kappa shape index (κ3) is 3.49. The van der Waals surface area contributed by atoms with Crippen molar-refractivity contribution in [1.82, 2.24) is 24.7 Å². The Morgan fingerprint density at radius 1 is 1.28 bits per heavy atom. The summed E-state index contributed by atoms with van der Waals surface area (Å²) in [6.45, 7) is 1.29. The molecule has 132 valence electrons. The first-order valence-corrected chi connectivity index (χ1v) is 7.49. The molecule has 0 bridgehead atoms. The maximum absolute atomic E-state index is 13.2. The van der Waals surface area contributed by atoms with Crippen molar-refractivity contribution in [2.75, 3.05) is 11.9 Å². The molecular formula is C14H12ClF3N6O. The van der Waals surface area contributed by atoms with Gasteiger partial charge in [-0.2, -0.15) is 23.3 Å². The average molecular weight is 373 g/mol. The van der Waals surface area contributed by atoms with Gasteiger partial charge in [0.15, 0.2) is 11.5 Å². The fraction of sp³-hybridized carbons (Fsp3) is 0.286. The van der Waals surface area contributed by atoms with E-state index in [0.717, 1.165) is 10.2 Å². The number of nitrogens with one attached hydrogen (secondary N) is 1. The molecule has 0 aromatic carbocycles. The molecule has 0 amide bonds. The molecule has 11 heteroatoms. The van der Waals surface area contributed by atoms with Gasteiger partial charge in [-0.15, -0.1) is 0 Å². The Morgan fingerprint density at radius 3 is 2.64 bits per heavy atom. The number of fused-ring (bicyclic) bond motifs is 1. The van der Waals surface area contributed by atoms with Gasteiger partial charge >= 0.3 is 6.18 Å². The molecule has 0 radical (unpaired) electrons. The monoisotopic (exact) mass is 372 g/mol. The lowest BCUT2D eigenvalue weighted by Crippen LogP contribution is -2.10. The molecule has 3 heterocycles. The number of rotatable bonds is 4. The van der Waals surface area contributed by atoms with Gasteiger partial charge in [0.2, 0.25) is 5.28 Å². The van der Waals surface area contributed by atoms with Crippen molar-refractivity contribution >= 4 is 34.3 Å². The van der Waals surface area contributed by atoms with Crippen molar-refractivity contribution < 1.29 is 18.3 Å². The summed E-state index contributed by atoms with van der Waals surface area (Å²) in [7, 11) is 0. The van der Waals surface area contributed by atoms with E-state index in [1.807, 2.05) is 6.92 Å². The fourth-order valence-electron chi connectivity index (χ4n) is 2.25. The number of aliphatic hydroxyl groups excluding tert-OH is 1. The van der Waals surface area contributed by atoms with Crippen LogP contribution in [-0.4, -0.2) is 36.4 Å². The van der Waals surface area contributed by atoms with E-state index in [1.54, 1.807) is 18.3 Å². The van der Waals surface area contributed by atoms with Gasteiger partial charge in [0.05, 0.1) is 13.2 Å². The van der Waals surface area contributed by atoms with Crippen LogP contribution in [0, 0.1) is 6.92 Å². The van der Waals surface area contributed by atoms with Gasteiger partial charge in [0.1, 0.15) is 16.9 Å². The van der Waals surface area contributed by atoms with Crippen LogP contribution in [0.2, 0.25) is 5.28 Å². The quantitative estimate of drug-likeness (QED) is 0.684. The Bertz CT molecular complexity index is 910. The minimum Gasteiger partial charge on any atom is -0.394 e. The molecule has 0 aliphatic carbocycles. The topological polar surface area (TPSA) is 88.8 Å². The van der Waals surface area contributed by atoms with Crippen molar-refractivity contribution in [3.05, 3.63) is 34.9 Å². The molecule has 0 spiro atoms. The molecule has 3 rings (SSSR count). The van der Waals surface area contributed by atoms with Crippen LogP contribution in [0.15, 0.2) is 18.3 Å². The third-order valence-corrected chi connectivity index (χ3v) is 3.47. The van der Waals surface area contributed by atoms with Crippen molar-refractivity contribution in [3.63, 3.8) is 0 Å². The smallest absolute Gasteiger partial charge is 0.394 e. The molecule has 2 N–H and O–H groups in total. The second kappa shape index (κ2) is 6.45. The Hall–Kier alpha value is -2.46. The first kappa shape index (κ1) is 17.4. The summed E-state index contributed by atoms with van der Waals surface area (Å²) in [5, 5.41) is 15.1. The Balaban J connectivity index is 2.20. The summed E-state index contributed by atoms with van der Waals surface area (Å²) in [4.78, 5) is 11.7. The second-order valence-electron chi connectivity index (χ2n) is 5.18. The maximum Gasteiger partial charge on any atom is 0.437 e. The van der Waals surface area contributed by atoms with Crippen LogP contribution in [0.4, 0.5) is 24.8 Å². The highest BCUT2D eigenvalue weighted by atomic mass is 35.5. The molecule has 0 fully saturated rings. The van der Waals surface area contributed by atoms with Gasteiger partial charge in [-0.3, -0.25) is 4.68 Å². The van der Waals surface area contributed by atoms with Crippen LogP contribution in [0.1, 0.15) is 11.3 Å². The van der Waals surface area contributed by atoms with Crippen LogP contribution in [0.25, 0.3) is 11.0 Å². The van der Waals surface area contributed by atoms with Gasteiger partial charge in [0, 0.05) is 6.20 Å². The highest BCUT2D eigenvalue weighted by molar-refractivity contribution is 6.28. The first-order chi connectivity index (χ1) is 11.8. The summed E-state index contributed by atoms with van der Waals surface area (Å²) in [6.07, 6.45) is -3.13. The number of aryl methyl sites for hydroxylation is 1. The summed E-state index contributed by atoms with van der Waals surface area (Å²) in [6, 6.07) is 3.43. The van der Waals surface area contributed by atoms with E-state index in [9.17, 15) is 13.2 Å². The molecule has 25 heavy (non-hydrogen) atoms. The van der Waals surface area contributed by atoms with Gasteiger partial charge in [-0.05, 0) is 30.2 Å². The van der Waals surface area contributed by atoms with E-state index >= 15 is 0 Å². The predicted molar refractivity (Wildman–Crippen MR) is 84.7 cm³/mol. The van der Waals surface area contributed by atoms with Crippen LogP contribution in [0.3, 0.4) is 0 Å². The Kier molecular flexibility index (Phi) is 4.48. The van der Waals surface area contributed by atoms with Gasteiger partial charge in [-0.25, -0.2) is 9.97 Å². The van der Waals surface area contributed by atoms with Crippen LogP contribution >= 0.6 is 11.6 Å². The number of nitrogens with zero attached hydrogens (tertiary/aromatic N) is 5. The average Bonchev–Trinajstić information content (AvgIpc) is 2.89. The molecule has 0 atom stereocenters. The van der Waals surface area contributed by atoms with Gasteiger partial charge in [0.25, 0.3) is 0 Å². The molecule has 0 saturated carbocycles. The van der Waals surface area contributed by atoms with Crippen molar-refractivity contribution in [3.8, 4) is 0 Å². The molecule has 0 aliphatic rings. The maximum atomic E-state index is 13.2. The minimum atomic E-state index is -4.73. The normalized spacial score (nSPS) is 11.9. The molecule has 0 aliphatic heterocycles. The zero-order valence-electron chi connectivity index (χ0n) is 12.8. The number of aliphatic hydroxyl groups is 1.